The molecule has 4 nitrogen and oxygen atoms in total. The van der Waals surface area contributed by atoms with Gasteiger partial charge in [0.1, 0.15) is 0 Å². The van der Waals surface area contributed by atoms with Crippen LogP contribution in [-0.2, 0) is 4.79 Å². The summed E-state index contributed by atoms with van der Waals surface area (Å²) in [6.45, 7) is 3.56. The molecule has 0 aliphatic heterocycles. The molecule has 0 saturated heterocycles. The van der Waals surface area contributed by atoms with Crippen LogP contribution in [0.4, 0.5) is 10.8 Å². The summed E-state index contributed by atoms with van der Waals surface area (Å²) in [6, 6.07) is 16.4. The van der Waals surface area contributed by atoms with Crippen LogP contribution in [0.5, 0.6) is 0 Å². The van der Waals surface area contributed by atoms with E-state index in [-0.39, 0.29) is 5.91 Å². The third-order valence-electron chi connectivity index (χ3n) is 3.25. The molecule has 3 aromatic rings. The van der Waals surface area contributed by atoms with Crippen molar-refractivity contribution in [2.45, 2.75) is 18.7 Å². The van der Waals surface area contributed by atoms with Gasteiger partial charge in [-0.3, -0.25) is 4.79 Å². The van der Waals surface area contributed by atoms with Crippen molar-refractivity contribution in [1.29, 1.82) is 0 Å². The molecule has 2 N–H and O–H groups in total. The summed E-state index contributed by atoms with van der Waals surface area (Å²) >= 11 is 3.00. The van der Waals surface area contributed by atoms with Crippen molar-refractivity contribution in [1.82, 2.24) is 4.98 Å². The van der Waals surface area contributed by atoms with Crippen molar-refractivity contribution in [3.8, 4) is 11.3 Å². The summed E-state index contributed by atoms with van der Waals surface area (Å²) < 4.78 is 3.35. The smallest absolute Gasteiger partial charge is 0.223 e. The Morgan fingerprint density at radius 3 is 2.71 bits per heavy atom. The second kappa shape index (κ2) is 7.51. The molecule has 1 heterocycles. The largest absolute Gasteiger partial charge is 0.326 e. The van der Waals surface area contributed by atoms with Gasteiger partial charge in [-0.1, -0.05) is 29.8 Å². The number of hydrogen-bond acceptors (Lipinski definition) is 5. The van der Waals surface area contributed by atoms with Gasteiger partial charge in [0.25, 0.3) is 0 Å². The van der Waals surface area contributed by atoms with Crippen LogP contribution in [0.2, 0.25) is 0 Å². The van der Waals surface area contributed by atoms with Crippen molar-refractivity contribution < 1.29 is 4.79 Å². The van der Waals surface area contributed by atoms with Gasteiger partial charge in [-0.05, 0) is 43.1 Å². The normalized spacial score (nSPS) is 10.4. The van der Waals surface area contributed by atoms with E-state index in [4.69, 9.17) is 0 Å². The first-order valence-electron chi connectivity index (χ1n) is 7.43. The molecule has 0 radical (unpaired) electrons. The Morgan fingerprint density at radius 2 is 1.96 bits per heavy atom. The lowest BCUT2D eigenvalue weighted by Gasteiger charge is -2.07. The van der Waals surface area contributed by atoms with Crippen LogP contribution in [0, 0.1) is 6.92 Å². The quantitative estimate of drug-likeness (QED) is 0.618. The van der Waals surface area contributed by atoms with E-state index in [0.717, 1.165) is 21.8 Å². The van der Waals surface area contributed by atoms with Crippen molar-refractivity contribution >= 4 is 40.0 Å². The molecule has 0 spiro atoms. The summed E-state index contributed by atoms with van der Waals surface area (Å²) in [4.78, 5) is 16.7. The van der Waals surface area contributed by atoms with E-state index in [1.165, 1.54) is 23.8 Å². The maximum atomic E-state index is 11.1. The van der Waals surface area contributed by atoms with Gasteiger partial charge in [-0.25, -0.2) is 4.98 Å². The van der Waals surface area contributed by atoms with Crippen LogP contribution in [0.3, 0.4) is 0 Å². The molecule has 122 valence electrons. The number of carbonyl (C=O) groups is 1. The van der Waals surface area contributed by atoms with Crippen LogP contribution in [0.25, 0.3) is 11.3 Å². The Bertz CT molecular complexity index is 843. The average Bonchev–Trinajstić information content (AvgIpc) is 3.02. The highest BCUT2D eigenvalue weighted by atomic mass is 32.2. The number of rotatable bonds is 5. The van der Waals surface area contributed by atoms with Crippen LogP contribution in [-0.4, -0.2) is 10.9 Å². The molecule has 24 heavy (non-hydrogen) atoms. The second-order valence-electron chi connectivity index (χ2n) is 5.32. The molecule has 0 aliphatic carbocycles. The lowest BCUT2D eigenvalue weighted by molar-refractivity contribution is -0.114. The third-order valence-corrected chi connectivity index (χ3v) is 4.86. The maximum Gasteiger partial charge on any atom is 0.223 e. The summed E-state index contributed by atoms with van der Waals surface area (Å²) in [7, 11) is 0. The standard InChI is InChI=1S/C18H17N3OS2/c1-12-6-8-16(9-7-12)24-21-15-5-3-4-14(10-15)17-11-23-18(20-17)19-13(2)22/h3-11,21H,1-2H3,(H,19,20,22). The molecule has 3 rings (SSSR count). The fraction of sp³-hybridized carbons (Fsp3) is 0.111. The highest BCUT2D eigenvalue weighted by Crippen LogP contribution is 2.28. The first kappa shape index (κ1) is 16.5. The summed E-state index contributed by atoms with van der Waals surface area (Å²) in [5.41, 5.74) is 4.12. The van der Waals surface area contributed by atoms with Crippen LogP contribution < -0.4 is 10.0 Å². The first-order valence-corrected chi connectivity index (χ1v) is 9.13. The van der Waals surface area contributed by atoms with Gasteiger partial charge in [-0.15, -0.1) is 11.3 Å². The number of anilines is 2. The number of benzene rings is 2. The fourth-order valence-corrected chi connectivity index (χ4v) is 3.48. The zero-order valence-electron chi connectivity index (χ0n) is 13.4. The van der Waals surface area contributed by atoms with Gasteiger partial charge >= 0.3 is 0 Å². The van der Waals surface area contributed by atoms with Gasteiger partial charge in [0.05, 0.1) is 5.69 Å². The van der Waals surface area contributed by atoms with Crippen molar-refractivity contribution in [3.63, 3.8) is 0 Å². The molecule has 1 amide bonds. The predicted octanol–water partition coefficient (Wildman–Crippen LogP) is 5.20. The number of amides is 1. The maximum absolute atomic E-state index is 11.1. The van der Waals surface area contributed by atoms with E-state index in [1.807, 2.05) is 29.6 Å². The summed E-state index contributed by atoms with van der Waals surface area (Å²) in [5, 5.41) is 5.27. The molecule has 0 atom stereocenters. The number of hydrogen-bond donors (Lipinski definition) is 2. The monoisotopic (exact) mass is 355 g/mol. The molecule has 2 aromatic carbocycles. The van der Waals surface area contributed by atoms with Crippen molar-refractivity contribution in [2.24, 2.45) is 0 Å². The van der Waals surface area contributed by atoms with E-state index in [9.17, 15) is 4.79 Å². The Balaban J connectivity index is 1.70. The second-order valence-corrected chi connectivity index (χ2v) is 7.05. The van der Waals surface area contributed by atoms with Gasteiger partial charge in [0.2, 0.25) is 5.91 Å². The van der Waals surface area contributed by atoms with Crippen LogP contribution >= 0.6 is 23.3 Å². The van der Waals surface area contributed by atoms with Gasteiger partial charge in [0.15, 0.2) is 5.13 Å². The summed E-state index contributed by atoms with van der Waals surface area (Å²) in [6.07, 6.45) is 0. The van der Waals surface area contributed by atoms with Gasteiger partial charge in [-0.2, -0.15) is 0 Å². The summed E-state index contributed by atoms with van der Waals surface area (Å²) in [5.74, 6) is -0.110. The molecular formula is C18H17N3OS2. The zero-order valence-corrected chi connectivity index (χ0v) is 15.0. The Labute approximate surface area is 149 Å². The topological polar surface area (TPSA) is 54.0 Å². The molecule has 6 heteroatoms. The molecular weight excluding hydrogens is 338 g/mol. The average molecular weight is 355 g/mol. The lowest BCUT2D eigenvalue weighted by Crippen LogP contribution is -2.04. The van der Waals surface area contributed by atoms with Crippen molar-refractivity contribution in [3.05, 3.63) is 59.5 Å². The number of nitrogens with zero attached hydrogens (tertiary/aromatic N) is 1. The van der Waals surface area contributed by atoms with E-state index < -0.39 is 0 Å². The molecule has 0 saturated carbocycles. The molecule has 0 unspecified atom stereocenters. The SMILES string of the molecule is CC(=O)Nc1nc(-c2cccc(NSc3ccc(C)cc3)c2)cs1. The van der Waals surface area contributed by atoms with E-state index in [0.29, 0.717) is 5.13 Å². The van der Waals surface area contributed by atoms with Gasteiger partial charge < -0.3 is 10.0 Å². The van der Waals surface area contributed by atoms with Gasteiger partial charge in [0, 0.05) is 28.5 Å². The van der Waals surface area contributed by atoms with E-state index >= 15 is 0 Å². The van der Waals surface area contributed by atoms with Crippen LogP contribution in [0.1, 0.15) is 12.5 Å². The Hall–Kier alpha value is -2.31. The third kappa shape index (κ3) is 4.37. The minimum Gasteiger partial charge on any atom is -0.326 e. The Morgan fingerprint density at radius 1 is 1.17 bits per heavy atom. The number of nitrogens with one attached hydrogen (secondary N) is 2. The van der Waals surface area contributed by atoms with Crippen molar-refractivity contribution in [2.75, 3.05) is 10.0 Å². The first-order chi connectivity index (χ1) is 11.6. The van der Waals surface area contributed by atoms with Crippen LogP contribution in [0.15, 0.2) is 58.8 Å². The molecule has 0 fully saturated rings. The predicted molar refractivity (Wildman–Crippen MR) is 103 cm³/mol. The minimum absolute atomic E-state index is 0.110. The molecule has 1 aromatic heterocycles. The molecule has 0 bridgehead atoms. The number of aromatic nitrogens is 1. The highest BCUT2D eigenvalue weighted by molar-refractivity contribution is 8.00. The lowest BCUT2D eigenvalue weighted by atomic mass is 10.1. The number of aryl methyl sites for hydroxylation is 1. The molecule has 0 aliphatic rings. The van der Waals surface area contributed by atoms with E-state index in [1.54, 1.807) is 11.9 Å². The number of carbonyl (C=O) groups excluding carboxylic acids is 1. The number of thiazole rings is 1. The zero-order chi connectivity index (χ0) is 16.9. The minimum atomic E-state index is -0.110. The Kier molecular flexibility index (Phi) is 5.17. The van der Waals surface area contributed by atoms with E-state index in [2.05, 4.69) is 46.2 Å². The highest BCUT2D eigenvalue weighted by Gasteiger charge is 2.06. The fourth-order valence-electron chi connectivity index (χ4n) is 2.08.